The van der Waals surface area contributed by atoms with Gasteiger partial charge in [0.1, 0.15) is 5.82 Å². The van der Waals surface area contributed by atoms with Crippen LogP contribution in [-0.2, 0) is 9.47 Å². The summed E-state index contributed by atoms with van der Waals surface area (Å²) in [5.41, 5.74) is 0.941. The van der Waals surface area contributed by atoms with Gasteiger partial charge in [-0.1, -0.05) is 0 Å². The molecule has 0 saturated heterocycles. The number of likely N-dealkylation sites (N-methyl/N-ethyl adjacent to an activating group) is 1. The van der Waals surface area contributed by atoms with E-state index < -0.39 is 0 Å². The summed E-state index contributed by atoms with van der Waals surface area (Å²) in [6.07, 6.45) is -0.250. The molecule has 3 nitrogen and oxygen atoms in total. The highest BCUT2D eigenvalue weighted by Gasteiger charge is 2.11. The summed E-state index contributed by atoms with van der Waals surface area (Å²) >= 11 is 0. The topological polar surface area (TPSA) is 21.7 Å². The monoisotopic (exact) mass is 241 g/mol. The van der Waals surface area contributed by atoms with Crippen LogP contribution in [0.3, 0.4) is 0 Å². The Kier molecular flexibility index (Phi) is 5.94. The lowest BCUT2D eigenvalue weighted by Gasteiger charge is -2.25. The first-order valence-electron chi connectivity index (χ1n) is 5.87. The van der Waals surface area contributed by atoms with E-state index in [4.69, 9.17) is 9.47 Å². The van der Waals surface area contributed by atoms with Crippen molar-refractivity contribution in [3.05, 3.63) is 30.1 Å². The third-order valence-corrected chi connectivity index (χ3v) is 2.40. The fourth-order valence-corrected chi connectivity index (χ4v) is 1.55. The van der Waals surface area contributed by atoms with Crippen LogP contribution in [0.1, 0.15) is 13.8 Å². The number of nitrogens with zero attached hydrogens (tertiary/aromatic N) is 1. The third kappa shape index (κ3) is 4.71. The lowest BCUT2D eigenvalue weighted by Crippen LogP contribution is -2.33. The molecular formula is C13H20FNO2. The van der Waals surface area contributed by atoms with Crippen molar-refractivity contribution in [2.45, 2.75) is 20.1 Å². The van der Waals surface area contributed by atoms with Crippen molar-refractivity contribution >= 4 is 5.69 Å². The van der Waals surface area contributed by atoms with Gasteiger partial charge in [0.2, 0.25) is 0 Å². The highest BCUT2D eigenvalue weighted by Crippen LogP contribution is 2.14. The van der Waals surface area contributed by atoms with Crippen molar-refractivity contribution in [1.29, 1.82) is 0 Å². The zero-order chi connectivity index (χ0) is 12.7. The molecule has 1 aromatic carbocycles. The maximum Gasteiger partial charge on any atom is 0.174 e. The van der Waals surface area contributed by atoms with Gasteiger partial charge in [-0.15, -0.1) is 0 Å². The Balaban J connectivity index is 2.56. The van der Waals surface area contributed by atoms with E-state index in [9.17, 15) is 4.39 Å². The summed E-state index contributed by atoms with van der Waals surface area (Å²) in [6, 6.07) is 6.37. The predicted octanol–water partition coefficient (Wildman–Crippen LogP) is 2.66. The van der Waals surface area contributed by atoms with E-state index in [1.807, 2.05) is 25.8 Å². The van der Waals surface area contributed by atoms with Crippen LogP contribution >= 0.6 is 0 Å². The van der Waals surface area contributed by atoms with Gasteiger partial charge in [-0.2, -0.15) is 0 Å². The van der Waals surface area contributed by atoms with E-state index in [-0.39, 0.29) is 12.1 Å². The number of hydrogen-bond acceptors (Lipinski definition) is 3. The average molecular weight is 241 g/mol. The normalized spacial score (nSPS) is 10.9. The largest absolute Gasteiger partial charge is 0.369 e. The summed E-state index contributed by atoms with van der Waals surface area (Å²) < 4.78 is 23.7. The van der Waals surface area contributed by atoms with Crippen LogP contribution in [0.5, 0.6) is 0 Å². The zero-order valence-electron chi connectivity index (χ0n) is 10.6. The first-order valence-corrected chi connectivity index (χ1v) is 5.87. The maximum atomic E-state index is 12.8. The SMILES string of the molecule is CCOC(CN(C)c1ccc(F)cc1)OCC. The Morgan fingerprint density at radius 1 is 1.12 bits per heavy atom. The van der Waals surface area contributed by atoms with Gasteiger partial charge in [-0.25, -0.2) is 4.39 Å². The number of hydrogen-bond donors (Lipinski definition) is 0. The summed E-state index contributed by atoms with van der Waals surface area (Å²) in [5.74, 6) is -0.228. The van der Waals surface area contributed by atoms with Gasteiger partial charge in [0.15, 0.2) is 6.29 Å². The highest BCUT2D eigenvalue weighted by atomic mass is 19.1. The molecule has 0 aromatic heterocycles. The average Bonchev–Trinajstić information content (AvgIpc) is 2.30. The molecule has 17 heavy (non-hydrogen) atoms. The van der Waals surface area contributed by atoms with Gasteiger partial charge in [-0.05, 0) is 38.1 Å². The smallest absolute Gasteiger partial charge is 0.174 e. The van der Waals surface area contributed by atoms with Gasteiger partial charge in [0.25, 0.3) is 0 Å². The Hall–Kier alpha value is -1.13. The van der Waals surface area contributed by atoms with Crippen LogP contribution in [0.2, 0.25) is 0 Å². The van der Waals surface area contributed by atoms with E-state index in [1.54, 1.807) is 12.1 Å². The van der Waals surface area contributed by atoms with Crippen molar-refractivity contribution in [1.82, 2.24) is 0 Å². The second kappa shape index (κ2) is 7.25. The zero-order valence-corrected chi connectivity index (χ0v) is 10.6. The highest BCUT2D eigenvalue weighted by molar-refractivity contribution is 5.45. The molecule has 0 unspecified atom stereocenters. The molecule has 0 radical (unpaired) electrons. The fraction of sp³-hybridized carbons (Fsp3) is 0.538. The van der Waals surface area contributed by atoms with Crippen molar-refractivity contribution in [2.75, 3.05) is 31.7 Å². The Morgan fingerprint density at radius 2 is 1.65 bits per heavy atom. The van der Waals surface area contributed by atoms with Crippen LogP contribution in [0.15, 0.2) is 24.3 Å². The number of ether oxygens (including phenoxy) is 2. The quantitative estimate of drug-likeness (QED) is 0.685. The van der Waals surface area contributed by atoms with E-state index in [2.05, 4.69) is 0 Å². The first-order chi connectivity index (χ1) is 8.17. The van der Waals surface area contributed by atoms with E-state index in [0.717, 1.165) is 5.69 Å². The maximum absolute atomic E-state index is 12.8. The minimum atomic E-state index is -0.250. The van der Waals surface area contributed by atoms with Gasteiger partial charge in [0, 0.05) is 25.9 Å². The molecule has 0 aliphatic rings. The Labute approximate surface area is 102 Å². The molecule has 0 spiro atoms. The van der Waals surface area contributed by atoms with E-state index >= 15 is 0 Å². The molecule has 4 heteroatoms. The van der Waals surface area contributed by atoms with E-state index in [0.29, 0.717) is 19.8 Å². The predicted molar refractivity (Wildman–Crippen MR) is 66.7 cm³/mol. The molecule has 0 aliphatic carbocycles. The lowest BCUT2D eigenvalue weighted by molar-refractivity contribution is -0.129. The van der Waals surface area contributed by atoms with E-state index in [1.165, 1.54) is 12.1 Å². The van der Waals surface area contributed by atoms with Crippen molar-refractivity contribution in [2.24, 2.45) is 0 Å². The van der Waals surface area contributed by atoms with Crippen LogP contribution < -0.4 is 4.90 Å². The molecular weight excluding hydrogens is 221 g/mol. The molecule has 0 fully saturated rings. The molecule has 0 saturated carbocycles. The molecule has 0 atom stereocenters. The van der Waals surface area contributed by atoms with Gasteiger partial charge < -0.3 is 14.4 Å². The molecule has 0 N–H and O–H groups in total. The van der Waals surface area contributed by atoms with Gasteiger partial charge >= 0.3 is 0 Å². The summed E-state index contributed by atoms with van der Waals surface area (Å²) in [7, 11) is 1.93. The van der Waals surface area contributed by atoms with Crippen molar-refractivity contribution in [3.63, 3.8) is 0 Å². The third-order valence-electron chi connectivity index (χ3n) is 2.40. The Morgan fingerprint density at radius 3 is 2.12 bits per heavy atom. The molecule has 0 bridgehead atoms. The summed E-state index contributed by atoms with van der Waals surface area (Å²) in [6.45, 7) is 5.71. The first kappa shape index (κ1) is 13.9. The number of benzene rings is 1. The molecule has 0 amide bonds. The fourth-order valence-electron chi connectivity index (χ4n) is 1.55. The number of anilines is 1. The second-order valence-corrected chi connectivity index (χ2v) is 3.70. The minimum absolute atomic E-state index is 0.228. The van der Waals surface area contributed by atoms with Crippen molar-refractivity contribution < 1.29 is 13.9 Å². The summed E-state index contributed by atoms with van der Waals surface area (Å²) in [4.78, 5) is 1.98. The standard InChI is InChI=1S/C13H20FNO2/c1-4-16-13(17-5-2)10-15(3)12-8-6-11(14)7-9-12/h6-9,13H,4-5,10H2,1-3H3. The summed E-state index contributed by atoms with van der Waals surface area (Å²) in [5, 5.41) is 0. The van der Waals surface area contributed by atoms with Crippen LogP contribution in [0, 0.1) is 5.82 Å². The van der Waals surface area contributed by atoms with Gasteiger partial charge in [0.05, 0.1) is 6.54 Å². The van der Waals surface area contributed by atoms with Crippen molar-refractivity contribution in [3.8, 4) is 0 Å². The molecule has 1 aromatic rings. The molecule has 0 aliphatic heterocycles. The van der Waals surface area contributed by atoms with Crippen LogP contribution in [-0.4, -0.2) is 33.1 Å². The molecule has 0 heterocycles. The Bertz CT molecular complexity index is 310. The number of rotatable bonds is 7. The lowest BCUT2D eigenvalue weighted by atomic mass is 10.3. The number of halogens is 1. The second-order valence-electron chi connectivity index (χ2n) is 3.70. The minimum Gasteiger partial charge on any atom is -0.369 e. The molecule has 96 valence electrons. The molecule has 1 rings (SSSR count). The van der Waals surface area contributed by atoms with Gasteiger partial charge in [-0.3, -0.25) is 0 Å². The van der Waals surface area contributed by atoms with Crippen LogP contribution in [0.25, 0.3) is 0 Å². The van der Waals surface area contributed by atoms with Crippen LogP contribution in [0.4, 0.5) is 10.1 Å².